The first kappa shape index (κ1) is 23.1. The molecular formula is C24H22N4O5S. The topological polar surface area (TPSA) is 123 Å². The molecule has 4 aromatic rings. The van der Waals surface area contributed by atoms with Crippen molar-refractivity contribution in [2.45, 2.75) is 32.9 Å². The highest BCUT2D eigenvalue weighted by Crippen LogP contribution is 2.25. The Bertz CT molecular complexity index is 1470. The second-order valence-corrected chi connectivity index (χ2v) is 8.45. The molecule has 0 aliphatic rings. The lowest BCUT2D eigenvalue weighted by Gasteiger charge is -2.13. The number of rotatable bonds is 7. The lowest BCUT2D eigenvalue weighted by molar-refractivity contribution is -0.154. The highest BCUT2D eigenvalue weighted by Gasteiger charge is 2.20. The second kappa shape index (κ2) is 9.84. The van der Waals surface area contributed by atoms with E-state index in [0.29, 0.717) is 5.13 Å². The van der Waals surface area contributed by atoms with Crippen LogP contribution in [0, 0.1) is 0 Å². The highest BCUT2D eigenvalue weighted by atomic mass is 32.1. The van der Waals surface area contributed by atoms with Crippen LogP contribution in [0.4, 0.5) is 5.13 Å². The van der Waals surface area contributed by atoms with E-state index in [-0.39, 0.29) is 10.8 Å². The van der Waals surface area contributed by atoms with Crippen molar-refractivity contribution in [2.75, 3.05) is 5.32 Å². The molecule has 0 saturated carbocycles. The maximum absolute atomic E-state index is 12.5. The van der Waals surface area contributed by atoms with Gasteiger partial charge in [0.15, 0.2) is 11.2 Å². The van der Waals surface area contributed by atoms with Crippen LogP contribution in [-0.2, 0) is 27.3 Å². The Balaban J connectivity index is 1.38. The normalized spacial score (nSPS) is 11.8. The van der Waals surface area contributed by atoms with Crippen molar-refractivity contribution in [3.63, 3.8) is 0 Å². The minimum absolute atomic E-state index is 0.189. The Morgan fingerprint density at radius 1 is 1.12 bits per heavy atom. The van der Waals surface area contributed by atoms with Crippen LogP contribution in [0.15, 0.2) is 63.5 Å². The summed E-state index contributed by atoms with van der Waals surface area (Å²) in [6, 6.07) is 14.3. The van der Waals surface area contributed by atoms with E-state index in [9.17, 15) is 19.2 Å². The molecular weight excluding hydrogens is 456 g/mol. The molecule has 0 saturated heterocycles. The first-order chi connectivity index (χ1) is 16.4. The molecule has 0 radical (unpaired) electrons. The smallest absolute Gasteiger partial charge is 0.328 e. The average Bonchev–Trinajstić information content (AvgIpc) is 3.30. The molecule has 1 atom stereocenters. The zero-order chi connectivity index (χ0) is 24.2. The van der Waals surface area contributed by atoms with E-state index >= 15 is 0 Å². The van der Waals surface area contributed by atoms with E-state index in [1.165, 1.54) is 36.0 Å². The van der Waals surface area contributed by atoms with Gasteiger partial charge in [-0.3, -0.25) is 29.6 Å². The molecule has 10 heteroatoms. The lowest BCUT2D eigenvalue weighted by atomic mass is 10.1. The number of hydrogen-bond acceptors (Lipinski definition) is 7. The van der Waals surface area contributed by atoms with Gasteiger partial charge in [-0.25, -0.2) is 9.67 Å². The van der Waals surface area contributed by atoms with Gasteiger partial charge in [0.1, 0.15) is 6.54 Å². The fourth-order valence-corrected chi connectivity index (χ4v) is 4.08. The number of H-pyrrole nitrogens is 1. The number of carbonyl (C=O) groups excluding carboxylic acids is 2. The fraction of sp³-hybridized carbons (Fsp3) is 0.208. The van der Waals surface area contributed by atoms with Crippen LogP contribution in [0.3, 0.4) is 0 Å². The number of thiazole rings is 1. The second-order valence-electron chi connectivity index (χ2n) is 7.59. The van der Waals surface area contributed by atoms with Gasteiger partial charge < -0.3 is 4.74 Å². The van der Waals surface area contributed by atoms with Gasteiger partial charge in [0, 0.05) is 10.9 Å². The number of fused-ring (bicyclic) bond motifs is 1. The summed E-state index contributed by atoms with van der Waals surface area (Å²) >= 11 is 1.26. The van der Waals surface area contributed by atoms with Crippen LogP contribution in [-0.4, -0.2) is 32.7 Å². The minimum Gasteiger partial charge on any atom is -0.451 e. The van der Waals surface area contributed by atoms with E-state index < -0.39 is 35.6 Å². The molecule has 1 amide bonds. The quantitative estimate of drug-likeness (QED) is 0.394. The Kier molecular flexibility index (Phi) is 6.69. The van der Waals surface area contributed by atoms with Crippen LogP contribution in [0.25, 0.3) is 22.0 Å². The number of carbonyl (C=O) groups is 2. The predicted octanol–water partition coefficient (Wildman–Crippen LogP) is 2.95. The number of hydrogen-bond donors (Lipinski definition) is 2. The first-order valence-corrected chi connectivity index (χ1v) is 11.5. The van der Waals surface area contributed by atoms with Crippen molar-refractivity contribution in [3.8, 4) is 11.3 Å². The van der Waals surface area contributed by atoms with E-state index in [4.69, 9.17) is 4.74 Å². The van der Waals surface area contributed by atoms with Gasteiger partial charge in [-0.15, -0.1) is 11.3 Å². The van der Waals surface area contributed by atoms with E-state index in [2.05, 4.69) is 22.3 Å². The van der Waals surface area contributed by atoms with E-state index in [0.717, 1.165) is 22.4 Å². The number of benzene rings is 2. The maximum Gasteiger partial charge on any atom is 0.328 e. The van der Waals surface area contributed by atoms with Gasteiger partial charge >= 0.3 is 5.97 Å². The summed E-state index contributed by atoms with van der Waals surface area (Å²) in [4.78, 5) is 53.9. The molecule has 0 aliphatic heterocycles. The third-order valence-corrected chi connectivity index (χ3v) is 6.00. The summed E-state index contributed by atoms with van der Waals surface area (Å²) in [6.07, 6.45) is -0.188. The van der Waals surface area contributed by atoms with Gasteiger partial charge in [-0.05, 0) is 31.0 Å². The largest absolute Gasteiger partial charge is 0.451 e. The molecule has 0 bridgehead atoms. The van der Waals surface area contributed by atoms with Gasteiger partial charge in [-0.2, -0.15) is 0 Å². The van der Waals surface area contributed by atoms with Crippen LogP contribution >= 0.6 is 11.3 Å². The maximum atomic E-state index is 12.5. The Morgan fingerprint density at radius 3 is 2.53 bits per heavy atom. The number of amides is 1. The molecule has 2 aromatic heterocycles. The molecule has 2 heterocycles. The number of nitrogens with one attached hydrogen (secondary N) is 2. The van der Waals surface area contributed by atoms with Gasteiger partial charge in [0.25, 0.3) is 17.0 Å². The van der Waals surface area contributed by atoms with Crippen molar-refractivity contribution in [3.05, 3.63) is 80.2 Å². The fourth-order valence-electron chi connectivity index (χ4n) is 3.36. The summed E-state index contributed by atoms with van der Waals surface area (Å²) in [5.41, 5.74) is 1.85. The van der Waals surface area contributed by atoms with Crippen LogP contribution < -0.4 is 16.4 Å². The van der Waals surface area contributed by atoms with Crippen LogP contribution in [0.5, 0.6) is 0 Å². The summed E-state index contributed by atoms with van der Waals surface area (Å²) in [7, 11) is 0. The zero-order valence-corrected chi connectivity index (χ0v) is 19.3. The van der Waals surface area contributed by atoms with Crippen molar-refractivity contribution in [1.29, 1.82) is 0 Å². The summed E-state index contributed by atoms with van der Waals surface area (Å²) in [5, 5.41) is 7.61. The van der Waals surface area contributed by atoms with Gasteiger partial charge in [0.2, 0.25) is 0 Å². The van der Waals surface area contributed by atoms with E-state index in [1.807, 2.05) is 29.6 Å². The molecule has 0 fully saturated rings. The molecule has 174 valence electrons. The van der Waals surface area contributed by atoms with Crippen molar-refractivity contribution < 1.29 is 14.3 Å². The Hall–Kier alpha value is -4.05. The van der Waals surface area contributed by atoms with Crippen molar-refractivity contribution in [1.82, 2.24) is 14.8 Å². The molecule has 2 aromatic carbocycles. The molecule has 34 heavy (non-hydrogen) atoms. The number of aryl methyl sites for hydroxylation is 1. The third kappa shape index (κ3) is 4.96. The number of ether oxygens (including phenoxy) is 1. The van der Waals surface area contributed by atoms with Crippen molar-refractivity contribution in [2.24, 2.45) is 0 Å². The van der Waals surface area contributed by atoms with Gasteiger partial charge in [-0.1, -0.05) is 43.3 Å². The summed E-state index contributed by atoms with van der Waals surface area (Å²) < 4.78 is 6.03. The summed E-state index contributed by atoms with van der Waals surface area (Å²) in [5.74, 6) is -1.40. The van der Waals surface area contributed by atoms with Gasteiger partial charge in [0.05, 0.1) is 16.5 Å². The Morgan fingerprint density at radius 2 is 1.82 bits per heavy atom. The number of nitrogens with zero attached hydrogens (tertiary/aromatic N) is 2. The number of aromatic nitrogens is 3. The molecule has 0 aliphatic carbocycles. The SMILES string of the molecule is CCc1ccc(-c2csc(NC(=O)C(C)OC(=O)Cn3[nH]c(=O)c4ccccc4c3=O)n2)cc1. The summed E-state index contributed by atoms with van der Waals surface area (Å²) in [6.45, 7) is 2.96. The molecule has 1 unspecified atom stereocenters. The molecule has 0 spiro atoms. The minimum atomic E-state index is -1.13. The number of anilines is 1. The predicted molar refractivity (Wildman–Crippen MR) is 130 cm³/mol. The zero-order valence-electron chi connectivity index (χ0n) is 18.5. The standard InChI is InChI=1S/C24H22N4O5S/c1-3-15-8-10-16(11-9-15)19-13-34-24(25-19)26-21(30)14(2)33-20(29)12-28-23(32)18-7-5-4-6-17(18)22(31)27-28/h4-11,13-14H,3,12H2,1-2H3,(H,27,31)(H,25,26,30). The highest BCUT2D eigenvalue weighted by molar-refractivity contribution is 7.14. The lowest BCUT2D eigenvalue weighted by Crippen LogP contribution is -2.35. The average molecular weight is 479 g/mol. The first-order valence-electron chi connectivity index (χ1n) is 10.6. The molecule has 2 N–H and O–H groups in total. The monoisotopic (exact) mass is 478 g/mol. The van der Waals surface area contributed by atoms with Crippen molar-refractivity contribution >= 4 is 39.1 Å². The third-order valence-electron chi connectivity index (χ3n) is 5.24. The molecule has 9 nitrogen and oxygen atoms in total. The van der Waals surface area contributed by atoms with E-state index in [1.54, 1.807) is 12.1 Å². The van der Waals surface area contributed by atoms with Crippen LogP contribution in [0.1, 0.15) is 19.4 Å². The number of aromatic amines is 1. The molecule has 4 rings (SSSR count). The van der Waals surface area contributed by atoms with Crippen LogP contribution in [0.2, 0.25) is 0 Å². The Labute approximate surface area is 198 Å². The number of esters is 1.